The first-order chi connectivity index (χ1) is 14.8. The number of hydrogen-bond donors (Lipinski definition) is 1. The minimum atomic E-state index is 0.150. The van der Waals surface area contributed by atoms with Gasteiger partial charge in [-0.3, -0.25) is 4.90 Å². The summed E-state index contributed by atoms with van der Waals surface area (Å²) in [6.45, 7) is 10.5. The molecule has 1 aromatic carbocycles. The largest absolute Gasteiger partial charge is 0.375 e. The molecule has 0 aromatic heterocycles. The molecule has 6 heteroatoms. The van der Waals surface area contributed by atoms with E-state index in [1.54, 1.807) is 0 Å². The number of nitrogens with one attached hydrogen (secondary N) is 1. The first kappa shape index (κ1) is 21.6. The van der Waals surface area contributed by atoms with E-state index in [4.69, 9.17) is 14.5 Å². The molecule has 2 atom stereocenters. The predicted molar refractivity (Wildman–Crippen MR) is 121 cm³/mol. The SMILES string of the molecule is CCNC(=NCc1ccccc1CN1CCCCC1)N1CCOC(C2CCCO2)C1. The molecule has 3 fully saturated rings. The fourth-order valence-electron chi connectivity index (χ4n) is 4.80. The van der Waals surface area contributed by atoms with Gasteiger partial charge in [-0.1, -0.05) is 30.7 Å². The second-order valence-electron chi connectivity index (χ2n) is 8.68. The molecule has 3 aliphatic heterocycles. The van der Waals surface area contributed by atoms with Crippen LogP contribution in [-0.4, -0.2) is 73.9 Å². The Morgan fingerprint density at radius 2 is 1.80 bits per heavy atom. The van der Waals surface area contributed by atoms with E-state index in [-0.39, 0.29) is 12.2 Å². The van der Waals surface area contributed by atoms with E-state index in [0.717, 1.165) is 58.2 Å². The van der Waals surface area contributed by atoms with E-state index in [1.807, 2.05) is 0 Å². The molecular formula is C24H38N4O2. The highest BCUT2D eigenvalue weighted by Gasteiger charge is 2.32. The van der Waals surface area contributed by atoms with Gasteiger partial charge in [0, 0.05) is 32.8 Å². The molecule has 166 valence electrons. The highest BCUT2D eigenvalue weighted by Crippen LogP contribution is 2.21. The fraction of sp³-hybridized carbons (Fsp3) is 0.708. The molecule has 3 heterocycles. The van der Waals surface area contributed by atoms with Crippen molar-refractivity contribution in [3.8, 4) is 0 Å². The van der Waals surface area contributed by atoms with Crippen LogP contribution in [0.2, 0.25) is 0 Å². The molecular weight excluding hydrogens is 376 g/mol. The molecule has 3 saturated heterocycles. The van der Waals surface area contributed by atoms with Crippen molar-refractivity contribution >= 4 is 5.96 Å². The van der Waals surface area contributed by atoms with Gasteiger partial charge in [-0.05, 0) is 56.8 Å². The van der Waals surface area contributed by atoms with Gasteiger partial charge in [0.25, 0.3) is 0 Å². The van der Waals surface area contributed by atoms with Gasteiger partial charge in [-0.25, -0.2) is 4.99 Å². The van der Waals surface area contributed by atoms with Crippen LogP contribution in [0.15, 0.2) is 29.3 Å². The lowest BCUT2D eigenvalue weighted by Gasteiger charge is -2.37. The predicted octanol–water partition coefficient (Wildman–Crippen LogP) is 3.02. The minimum absolute atomic E-state index is 0.150. The molecule has 1 N–H and O–H groups in total. The summed E-state index contributed by atoms with van der Waals surface area (Å²) in [5.74, 6) is 0.997. The normalized spacial score (nSPS) is 26.2. The summed E-state index contributed by atoms with van der Waals surface area (Å²) in [4.78, 5) is 9.98. The Balaban J connectivity index is 1.42. The van der Waals surface area contributed by atoms with E-state index in [0.29, 0.717) is 6.54 Å². The zero-order chi connectivity index (χ0) is 20.6. The van der Waals surface area contributed by atoms with Gasteiger partial charge in [-0.2, -0.15) is 0 Å². The number of benzene rings is 1. The lowest BCUT2D eigenvalue weighted by Crippen LogP contribution is -2.53. The van der Waals surface area contributed by atoms with Gasteiger partial charge in [0.1, 0.15) is 6.10 Å². The van der Waals surface area contributed by atoms with E-state index in [9.17, 15) is 0 Å². The summed E-state index contributed by atoms with van der Waals surface area (Å²) in [5.41, 5.74) is 2.75. The van der Waals surface area contributed by atoms with Crippen LogP contribution >= 0.6 is 0 Å². The van der Waals surface area contributed by atoms with Crippen LogP contribution in [-0.2, 0) is 22.6 Å². The smallest absolute Gasteiger partial charge is 0.194 e. The highest BCUT2D eigenvalue weighted by atomic mass is 16.5. The molecule has 6 nitrogen and oxygen atoms in total. The Morgan fingerprint density at radius 1 is 1.00 bits per heavy atom. The molecule has 0 spiro atoms. The van der Waals surface area contributed by atoms with Crippen molar-refractivity contribution in [2.45, 2.75) is 64.3 Å². The summed E-state index contributed by atoms with van der Waals surface area (Å²) in [6.07, 6.45) is 6.67. The van der Waals surface area contributed by atoms with Gasteiger partial charge in [-0.15, -0.1) is 0 Å². The second-order valence-corrected chi connectivity index (χ2v) is 8.68. The number of nitrogens with zero attached hydrogens (tertiary/aromatic N) is 3. The number of hydrogen-bond acceptors (Lipinski definition) is 4. The number of likely N-dealkylation sites (tertiary alicyclic amines) is 1. The summed E-state index contributed by atoms with van der Waals surface area (Å²) >= 11 is 0. The van der Waals surface area contributed by atoms with Crippen molar-refractivity contribution in [2.24, 2.45) is 4.99 Å². The zero-order valence-electron chi connectivity index (χ0n) is 18.5. The van der Waals surface area contributed by atoms with Gasteiger partial charge in [0.05, 0.1) is 19.3 Å². The molecule has 4 rings (SSSR count). The Morgan fingerprint density at radius 3 is 2.57 bits per heavy atom. The Bertz CT molecular complexity index is 684. The van der Waals surface area contributed by atoms with E-state index >= 15 is 0 Å². The third-order valence-corrected chi connectivity index (χ3v) is 6.47. The fourth-order valence-corrected chi connectivity index (χ4v) is 4.80. The third kappa shape index (κ3) is 5.74. The number of ether oxygens (including phenoxy) is 2. The van der Waals surface area contributed by atoms with Crippen LogP contribution in [0.3, 0.4) is 0 Å². The zero-order valence-corrected chi connectivity index (χ0v) is 18.5. The van der Waals surface area contributed by atoms with Crippen molar-refractivity contribution in [1.29, 1.82) is 0 Å². The molecule has 0 saturated carbocycles. The Hall–Kier alpha value is -1.63. The number of morpholine rings is 1. The van der Waals surface area contributed by atoms with Crippen molar-refractivity contribution in [3.05, 3.63) is 35.4 Å². The average molecular weight is 415 g/mol. The maximum atomic E-state index is 6.03. The molecule has 0 amide bonds. The standard InChI is InChI=1S/C24H38N4O2/c1-2-25-24(28-14-16-30-23(19-28)22-11-8-15-29-22)26-17-20-9-4-5-10-21(20)18-27-12-6-3-7-13-27/h4-5,9-10,22-23H,2-3,6-8,11-19H2,1H3,(H,25,26). The molecule has 30 heavy (non-hydrogen) atoms. The Labute approximate surface area is 181 Å². The molecule has 0 radical (unpaired) electrons. The summed E-state index contributed by atoms with van der Waals surface area (Å²) in [5, 5.41) is 3.50. The van der Waals surface area contributed by atoms with Crippen molar-refractivity contribution in [2.75, 3.05) is 45.9 Å². The van der Waals surface area contributed by atoms with E-state index in [2.05, 4.69) is 46.3 Å². The van der Waals surface area contributed by atoms with Crippen molar-refractivity contribution < 1.29 is 9.47 Å². The first-order valence-corrected chi connectivity index (χ1v) is 11.9. The van der Waals surface area contributed by atoms with Crippen molar-refractivity contribution in [3.63, 3.8) is 0 Å². The van der Waals surface area contributed by atoms with Gasteiger partial charge in [0.2, 0.25) is 0 Å². The van der Waals surface area contributed by atoms with Crippen LogP contribution < -0.4 is 5.32 Å². The van der Waals surface area contributed by atoms with Gasteiger partial charge >= 0.3 is 0 Å². The minimum Gasteiger partial charge on any atom is -0.375 e. The maximum absolute atomic E-state index is 6.03. The summed E-state index contributed by atoms with van der Waals surface area (Å²) < 4.78 is 11.9. The molecule has 0 aliphatic carbocycles. The molecule has 3 aliphatic rings. The van der Waals surface area contributed by atoms with Crippen LogP contribution in [0, 0.1) is 0 Å². The highest BCUT2D eigenvalue weighted by molar-refractivity contribution is 5.80. The maximum Gasteiger partial charge on any atom is 0.194 e. The number of rotatable bonds is 6. The van der Waals surface area contributed by atoms with Crippen LogP contribution in [0.5, 0.6) is 0 Å². The van der Waals surface area contributed by atoms with E-state index < -0.39 is 0 Å². The van der Waals surface area contributed by atoms with Crippen LogP contribution in [0.25, 0.3) is 0 Å². The van der Waals surface area contributed by atoms with Gasteiger partial charge < -0.3 is 19.7 Å². The molecule has 1 aromatic rings. The number of aliphatic imine (C=N–C) groups is 1. The monoisotopic (exact) mass is 414 g/mol. The third-order valence-electron chi connectivity index (χ3n) is 6.47. The summed E-state index contributed by atoms with van der Waals surface area (Å²) in [6, 6.07) is 8.81. The first-order valence-electron chi connectivity index (χ1n) is 11.9. The van der Waals surface area contributed by atoms with Gasteiger partial charge in [0.15, 0.2) is 5.96 Å². The van der Waals surface area contributed by atoms with E-state index in [1.165, 1.54) is 43.5 Å². The lowest BCUT2D eigenvalue weighted by atomic mass is 10.1. The quantitative estimate of drug-likeness (QED) is 0.573. The number of guanidine groups is 1. The molecule has 0 bridgehead atoms. The molecule has 2 unspecified atom stereocenters. The average Bonchev–Trinajstić information content (AvgIpc) is 3.33. The van der Waals surface area contributed by atoms with Crippen molar-refractivity contribution in [1.82, 2.24) is 15.1 Å². The Kier molecular flexibility index (Phi) is 8.01. The second kappa shape index (κ2) is 11.1. The van der Waals surface area contributed by atoms with Crippen LogP contribution in [0.1, 0.15) is 50.2 Å². The number of piperidine rings is 1. The lowest BCUT2D eigenvalue weighted by molar-refractivity contribution is -0.0817. The topological polar surface area (TPSA) is 49.3 Å². The summed E-state index contributed by atoms with van der Waals surface area (Å²) in [7, 11) is 0. The van der Waals surface area contributed by atoms with Crippen LogP contribution in [0.4, 0.5) is 0 Å².